The lowest BCUT2D eigenvalue weighted by Crippen LogP contribution is -1.90. The molecule has 18 heavy (non-hydrogen) atoms. The Bertz CT molecular complexity index is 514. The quantitative estimate of drug-likeness (QED) is 0.883. The lowest BCUT2D eigenvalue weighted by Gasteiger charge is -1.96. The van der Waals surface area contributed by atoms with E-state index in [0.717, 1.165) is 23.7 Å². The Morgan fingerprint density at radius 3 is 2.67 bits per heavy atom. The van der Waals surface area contributed by atoms with Crippen LogP contribution >= 0.6 is 22.7 Å². The van der Waals surface area contributed by atoms with Crippen molar-refractivity contribution in [2.45, 2.75) is 39.5 Å². The molecule has 0 aliphatic rings. The van der Waals surface area contributed by atoms with Crippen LogP contribution in [0, 0.1) is 0 Å². The second kappa shape index (κ2) is 5.80. The molecule has 2 aromatic heterocycles. The molecule has 98 valence electrons. The average molecular weight is 281 g/mol. The van der Waals surface area contributed by atoms with Gasteiger partial charge in [-0.2, -0.15) is 0 Å². The van der Waals surface area contributed by atoms with Crippen molar-refractivity contribution in [3.8, 4) is 10.6 Å². The zero-order chi connectivity index (χ0) is 13.1. The summed E-state index contributed by atoms with van der Waals surface area (Å²) in [6, 6.07) is 0. The Labute approximate surface area is 116 Å². The van der Waals surface area contributed by atoms with E-state index in [2.05, 4.69) is 36.5 Å². The van der Waals surface area contributed by atoms with Crippen molar-refractivity contribution in [2.24, 2.45) is 0 Å². The van der Waals surface area contributed by atoms with Gasteiger partial charge in [0.15, 0.2) is 5.13 Å². The molecule has 0 saturated heterocycles. The lowest BCUT2D eigenvalue weighted by atomic mass is 10.2. The molecule has 2 aromatic rings. The molecule has 2 rings (SSSR count). The van der Waals surface area contributed by atoms with Crippen molar-refractivity contribution in [3.05, 3.63) is 16.1 Å². The molecule has 0 saturated carbocycles. The SMILES string of the molecule is CCCc1nc(C(C)C)sc1-c1csc(NC)n1. The van der Waals surface area contributed by atoms with Gasteiger partial charge in [-0.1, -0.05) is 27.2 Å². The van der Waals surface area contributed by atoms with Gasteiger partial charge in [-0.25, -0.2) is 9.97 Å². The van der Waals surface area contributed by atoms with E-state index in [4.69, 9.17) is 4.98 Å². The van der Waals surface area contributed by atoms with Gasteiger partial charge in [-0.3, -0.25) is 0 Å². The van der Waals surface area contributed by atoms with Gasteiger partial charge >= 0.3 is 0 Å². The number of hydrogen-bond acceptors (Lipinski definition) is 5. The highest BCUT2D eigenvalue weighted by molar-refractivity contribution is 7.17. The van der Waals surface area contributed by atoms with Crippen LogP contribution in [0.15, 0.2) is 5.38 Å². The fraction of sp³-hybridized carbons (Fsp3) is 0.538. The van der Waals surface area contributed by atoms with Gasteiger partial charge in [-0.05, 0) is 6.42 Å². The van der Waals surface area contributed by atoms with E-state index in [1.54, 1.807) is 22.7 Å². The molecule has 2 heterocycles. The first kappa shape index (κ1) is 13.5. The molecule has 5 heteroatoms. The predicted molar refractivity (Wildman–Crippen MR) is 80.9 cm³/mol. The molecule has 0 bridgehead atoms. The Kier molecular flexibility index (Phi) is 4.35. The zero-order valence-electron chi connectivity index (χ0n) is 11.3. The molecule has 0 fully saturated rings. The first-order chi connectivity index (χ1) is 8.65. The van der Waals surface area contributed by atoms with Crippen molar-refractivity contribution < 1.29 is 0 Å². The molecule has 0 aliphatic heterocycles. The monoisotopic (exact) mass is 281 g/mol. The summed E-state index contributed by atoms with van der Waals surface area (Å²) in [5.41, 5.74) is 2.27. The zero-order valence-corrected chi connectivity index (χ0v) is 12.9. The summed E-state index contributed by atoms with van der Waals surface area (Å²) < 4.78 is 0. The maximum absolute atomic E-state index is 4.77. The topological polar surface area (TPSA) is 37.8 Å². The number of anilines is 1. The van der Waals surface area contributed by atoms with Gasteiger partial charge < -0.3 is 5.32 Å². The predicted octanol–water partition coefficient (Wildman–Crippen LogP) is 4.38. The van der Waals surface area contributed by atoms with E-state index < -0.39 is 0 Å². The van der Waals surface area contributed by atoms with Gasteiger partial charge in [0, 0.05) is 18.3 Å². The van der Waals surface area contributed by atoms with Crippen LogP contribution in [0.5, 0.6) is 0 Å². The van der Waals surface area contributed by atoms with Crippen molar-refractivity contribution in [3.63, 3.8) is 0 Å². The molecule has 3 nitrogen and oxygen atoms in total. The Hall–Kier alpha value is -0.940. The summed E-state index contributed by atoms with van der Waals surface area (Å²) in [7, 11) is 1.90. The molecule has 0 aliphatic carbocycles. The van der Waals surface area contributed by atoms with E-state index in [-0.39, 0.29) is 0 Å². The Balaban J connectivity index is 2.40. The normalized spacial score (nSPS) is 11.2. The molecule has 0 atom stereocenters. The molecule has 0 amide bonds. The first-order valence-corrected chi connectivity index (χ1v) is 7.98. The van der Waals surface area contributed by atoms with Gasteiger partial charge in [0.25, 0.3) is 0 Å². The maximum atomic E-state index is 4.77. The molecule has 0 radical (unpaired) electrons. The van der Waals surface area contributed by atoms with E-state index in [0.29, 0.717) is 5.92 Å². The van der Waals surface area contributed by atoms with E-state index in [1.165, 1.54) is 15.6 Å². The van der Waals surface area contributed by atoms with Crippen molar-refractivity contribution in [1.82, 2.24) is 9.97 Å². The number of aromatic nitrogens is 2. The Morgan fingerprint density at radius 2 is 2.11 bits per heavy atom. The van der Waals surface area contributed by atoms with Crippen LogP contribution in [-0.4, -0.2) is 17.0 Å². The van der Waals surface area contributed by atoms with Crippen LogP contribution in [0.4, 0.5) is 5.13 Å². The highest BCUT2D eigenvalue weighted by atomic mass is 32.1. The highest BCUT2D eigenvalue weighted by Crippen LogP contribution is 2.35. The number of aryl methyl sites for hydroxylation is 1. The summed E-state index contributed by atoms with van der Waals surface area (Å²) in [5, 5.41) is 7.38. The third kappa shape index (κ3) is 2.72. The largest absolute Gasteiger partial charge is 0.365 e. The number of nitrogens with one attached hydrogen (secondary N) is 1. The minimum atomic E-state index is 0.488. The summed E-state index contributed by atoms with van der Waals surface area (Å²) in [5.74, 6) is 0.488. The molecule has 0 spiro atoms. The first-order valence-electron chi connectivity index (χ1n) is 6.29. The van der Waals surface area contributed by atoms with E-state index >= 15 is 0 Å². The summed E-state index contributed by atoms with van der Waals surface area (Å²) >= 11 is 3.44. The van der Waals surface area contributed by atoms with Crippen molar-refractivity contribution in [1.29, 1.82) is 0 Å². The third-order valence-corrected chi connectivity index (χ3v) is 4.93. The van der Waals surface area contributed by atoms with Gasteiger partial charge in [0.1, 0.15) is 0 Å². The van der Waals surface area contributed by atoms with Gasteiger partial charge in [0.2, 0.25) is 0 Å². The molecule has 1 N–H and O–H groups in total. The summed E-state index contributed by atoms with van der Waals surface area (Å²) in [6.45, 7) is 6.58. The second-order valence-electron chi connectivity index (χ2n) is 4.52. The van der Waals surface area contributed by atoms with E-state index in [1.807, 2.05) is 7.05 Å². The molecular formula is C13H19N3S2. The van der Waals surface area contributed by atoms with Gasteiger partial charge in [0.05, 0.1) is 21.3 Å². The number of hydrogen-bond donors (Lipinski definition) is 1. The minimum absolute atomic E-state index is 0.488. The summed E-state index contributed by atoms with van der Waals surface area (Å²) in [6.07, 6.45) is 2.16. The number of rotatable bonds is 5. The number of nitrogens with zero attached hydrogens (tertiary/aromatic N) is 2. The summed E-state index contributed by atoms with van der Waals surface area (Å²) in [4.78, 5) is 10.6. The fourth-order valence-corrected chi connectivity index (χ4v) is 3.53. The standard InChI is InChI=1S/C13H19N3S2/c1-5-6-9-11(18-12(15-9)8(2)3)10-7-17-13(14-4)16-10/h7-8H,5-6H2,1-4H3,(H,14,16). The fourth-order valence-electron chi connectivity index (χ4n) is 1.72. The Morgan fingerprint density at radius 1 is 1.33 bits per heavy atom. The van der Waals surface area contributed by atoms with Crippen LogP contribution in [0.3, 0.4) is 0 Å². The smallest absolute Gasteiger partial charge is 0.182 e. The number of thiazole rings is 2. The van der Waals surface area contributed by atoms with Crippen molar-refractivity contribution in [2.75, 3.05) is 12.4 Å². The average Bonchev–Trinajstić information content (AvgIpc) is 2.94. The van der Waals surface area contributed by atoms with Gasteiger partial charge in [-0.15, -0.1) is 22.7 Å². The van der Waals surface area contributed by atoms with E-state index in [9.17, 15) is 0 Å². The molecular weight excluding hydrogens is 262 g/mol. The van der Waals surface area contributed by atoms with Crippen LogP contribution in [-0.2, 0) is 6.42 Å². The minimum Gasteiger partial charge on any atom is -0.365 e. The van der Waals surface area contributed by atoms with Crippen LogP contribution in [0.2, 0.25) is 0 Å². The second-order valence-corrected chi connectivity index (χ2v) is 6.41. The van der Waals surface area contributed by atoms with Crippen molar-refractivity contribution >= 4 is 27.8 Å². The van der Waals surface area contributed by atoms with Crippen LogP contribution in [0.1, 0.15) is 43.8 Å². The maximum Gasteiger partial charge on any atom is 0.182 e. The lowest BCUT2D eigenvalue weighted by molar-refractivity contribution is 0.823. The van der Waals surface area contributed by atoms with Crippen LogP contribution in [0.25, 0.3) is 10.6 Å². The highest BCUT2D eigenvalue weighted by Gasteiger charge is 2.16. The van der Waals surface area contributed by atoms with Crippen LogP contribution < -0.4 is 5.32 Å². The third-order valence-electron chi connectivity index (χ3n) is 2.65. The molecule has 0 aromatic carbocycles. The molecule has 0 unspecified atom stereocenters.